The third-order valence-corrected chi connectivity index (χ3v) is 4.71. The van der Waals surface area contributed by atoms with E-state index in [4.69, 9.17) is 4.74 Å². The average Bonchev–Trinajstić information content (AvgIpc) is 2.55. The largest absolute Gasteiger partial charge is 0.494 e. The molecule has 24 heavy (non-hydrogen) atoms. The molecule has 1 amide bonds. The van der Waals surface area contributed by atoms with Crippen LogP contribution in [0.15, 0.2) is 53.4 Å². The lowest BCUT2D eigenvalue weighted by molar-refractivity contribution is 0.0940. The van der Waals surface area contributed by atoms with Crippen molar-refractivity contribution in [2.45, 2.75) is 24.8 Å². The van der Waals surface area contributed by atoms with Crippen LogP contribution in [0.25, 0.3) is 0 Å². The molecule has 0 saturated heterocycles. The number of sulfone groups is 1. The van der Waals surface area contributed by atoms with Gasteiger partial charge in [-0.15, -0.1) is 0 Å². The van der Waals surface area contributed by atoms with Crippen molar-refractivity contribution in [1.82, 2.24) is 5.32 Å². The fraction of sp³-hybridized carbons (Fsp3) is 0.278. The zero-order chi connectivity index (χ0) is 17.7. The van der Waals surface area contributed by atoms with Gasteiger partial charge in [0.15, 0.2) is 9.84 Å². The molecule has 0 saturated carbocycles. The lowest BCUT2D eigenvalue weighted by Crippen LogP contribution is -2.26. The monoisotopic (exact) mass is 347 g/mol. The first-order valence-electron chi connectivity index (χ1n) is 7.65. The normalized spacial score (nSPS) is 12.5. The van der Waals surface area contributed by atoms with Crippen LogP contribution in [-0.2, 0) is 9.84 Å². The summed E-state index contributed by atoms with van der Waals surface area (Å²) in [5.41, 5.74) is 1.37. The molecule has 2 aromatic rings. The number of rotatable bonds is 6. The molecule has 1 atom stereocenters. The van der Waals surface area contributed by atoms with E-state index in [1.165, 1.54) is 6.26 Å². The van der Waals surface area contributed by atoms with Crippen molar-refractivity contribution < 1.29 is 17.9 Å². The van der Waals surface area contributed by atoms with Gasteiger partial charge in [-0.25, -0.2) is 8.42 Å². The Bertz CT molecular complexity index is 796. The summed E-state index contributed by atoms with van der Waals surface area (Å²) in [7, 11) is -3.22. The van der Waals surface area contributed by atoms with Crippen LogP contribution in [0.4, 0.5) is 0 Å². The molecule has 0 fully saturated rings. The number of amides is 1. The van der Waals surface area contributed by atoms with Crippen LogP contribution in [-0.4, -0.2) is 27.2 Å². The molecule has 0 aromatic heterocycles. The van der Waals surface area contributed by atoms with Crippen molar-refractivity contribution in [2.75, 3.05) is 12.9 Å². The van der Waals surface area contributed by atoms with E-state index in [0.29, 0.717) is 12.2 Å². The second-order valence-electron chi connectivity index (χ2n) is 5.49. The predicted octanol–water partition coefficient (Wildman–Crippen LogP) is 2.98. The second kappa shape index (κ2) is 7.49. The van der Waals surface area contributed by atoms with Gasteiger partial charge in [-0.3, -0.25) is 4.79 Å². The van der Waals surface area contributed by atoms with Crippen molar-refractivity contribution in [2.24, 2.45) is 0 Å². The summed E-state index contributed by atoms with van der Waals surface area (Å²) in [5, 5.41) is 2.89. The third-order valence-electron chi connectivity index (χ3n) is 3.58. The Labute approximate surface area is 142 Å². The van der Waals surface area contributed by atoms with Crippen LogP contribution in [0.5, 0.6) is 5.75 Å². The number of hydrogen-bond donors (Lipinski definition) is 1. The minimum atomic E-state index is -3.22. The highest BCUT2D eigenvalue weighted by atomic mass is 32.2. The summed E-state index contributed by atoms with van der Waals surface area (Å²) in [5.74, 6) is 0.524. The van der Waals surface area contributed by atoms with Crippen molar-refractivity contribution in [3.05, 3.63) is 59.7 Å². The fourth-order valence-corrected chi connectivity index (χ4v) is 2.87. The van der Waals surface area contributed by atoms with Crippen LogP contribution in [0.3, 0.4) is 0 Å². The molecule has 0 radical (unpaired) electrons. The first kappa shape index (κ1) is 18.0. The first-order chi connectivity index (χ1) is 11.3. The van der Waals surface area contributed by atoms with E-state index in [0.717, 1.165) is 11.3 Å². The van der Waals surface area contributed by atoms with E-state index in [-0.39, 0.29) is 16.8 Å². The minimum Gasteiger partial charge on any atom is -0.494 e. The maximum Gasteiger partial charge on any atom is 0.251 e. The SMILES string of the molecule is CCOc1ccc(C(=O)N[C@H](C)c2ccc(S(C)(=O)=O)cc2)cc1. The van der Waals surface area contributed by atoms with Crippen LogP contribution in [0.1, 0.15) is 35.8 Å². The summed E-state index contributed by atoms with van der Waals surface area (Å²) < 4.78 is 28.3. The second-order valence-corrected chi connectivity index (χ2v) is 7.51. The van der Waals surface area contributed by atoms with Crippen molar-refractivity contribution >= 4 is 15.7 Å². The van der Waals surface area contributed by atoms with Gasteiger partial charge in [-0.2, -0.15) is 0 Å². The highest BCUT2D eigenvalue weighted by Crippen LogP contribution is 2.17. The molecule has 0 spiro atoms. The van der Waals surface area contributed by atoms with Gasteiger partial charge in [0.2, 0.25) is 0 Å². The zero-order valence-electron chi connectivity index (χ0n) is 13.9. The molecule has 0 aliphatic carbocycles. The number of carbonyl (C=O) groups is 1. The highest BCUT2D eigenvalue weighted by molar-refractivity contribution is 7.90. The molecule has 0 unspecified atom stereocenters. The number of nitrogens with one attached hydrogen (secondary N) is 1. The molecule has 5 nitrogen and oxygen atoms in total. The van der Waals surface area contributed by atoms with Crippen LogP contribution >= 0.6 is 0 Å². The van der Waals surface area contributed by atoms with E-state index in [9.17, 15) is 13.2 Å². The van der Waals surface area contributed by atoms with Gasteiger partial charge >= 0.3 is 0 Å². The van der Waals surface area contributed by atoms with Crippen LogP contribution in [0.2, 0.25) is 0 Å². The Hall–Kier alpha value is -2.34. The van der Waals surface area contributed by atoms with E-state index in [1.54, 1.807) is 48.5 Å². The summed E-state index contributed by atoms with van der Waals surface area (Å²) in [4.78, 5) is 12.5. The summed E-state index contributed by atoms with van der Waals surface area (Å²) in [6.07, 6.45) is 1.17. The van der Waals surface area contributed by atoms with E-state index in [2.05, 4.69) is 5.32 Å². The van der Waals surface area contributed by atoms with E-state index < -0.39 is 9.84 Å². The standard InChI is InChI=1S/C18H21NO4S/c1-4-23-16-9-5-15(6-10-16)18(20)19-13(2)14-7-11-17(12-8-14)24(3,21)22/h5-13H,4H2,1-3H3,(H,19,20)/t13-/m1/s1. The maximum atomic E-state index is 12.3. The van der Waals surface area contributed by atoms with Gasteiger partial charge in [0.25, 0.3) is 5.91 Å². The van der Waals surface area contributed by atoms with Crippen LogP contribution in [0, 0.1) is 0 Å². The Morgan fingerprint density at radius 3 is 2.17 bits per heavy atom. The van der Waals surface area contributed by atoms with Gasteiger partial charge in [0, 0.05) is 11.8 Å². The van der Waals surface area contributed by atoms with Gasteiger partial charge in [-0.05, 0) is 55.8 Å². The number of ether oxygens (including phenoxy) is 1. The smallest absolute Gasteiger partial charge is 0.251 e. The van der Waals surface area contributed by atoms with Gasteiger partial charge in [-0.1, -0.05) is 12.1 Å². The molecule has 0 bridgehead atoms. The number of carbonyl (C=O) groups excluding carboxylic acids is 1. The van der Waals surface area contributed by atoms with Gasteiger partial charge in [0.1, 0.15) is 5.75 Å². The van der Waals surface area contributed by atoms with Crippen molar-refractivity contribution in [3.8, 4) is 5.75 Å². The Balaban J connectivity index is 2.05. The predicted molar refractivity (Wildman–Crippen MR) is 93.0 cm³/mol. The maximum absolute atomic E-state index is 12.3. The van der Waals surface area contributed by atoms with Crippen molar-refractivity contribution in [3.63, 3.8) is 0 Å². The summed E-state index contributed by atoms with van der Waals surface area (Å²) >= 11 is 0. The topological polar surface area (TPSA) is 72.5 Å². The Morgan fingerprint density at radius 2 is 1.67 bits per heavy atom. The molecule has 6 heteroatoms. The first-order valence-corrected chi connectivity index (χ1v) is 9.54. The third kappa shape index (κ3) is 4.58. The highest BCUT2D eigenvalue weighted by Gasteiger charge is 2.13. The molecule has 0 aliphatic rings. The van der Waals surface area contributed by atoms with Crippen molar-refractivity contribution in [1.29, 1.82) is 0 Å². The minimum absolute atomic E-state index is 0.197. The molecular weight excluding hydrogens is 326 g/mol. The number of hydrogen-bond acceptors (Lipinski definition) is 4. The number of benzene rings is 2. The molecule has 0 heterocycles. The molecule has 128 valence electrons. The Kier molecular flexibility index (Phi) is 5.62. The van der Waals surface area contributed by atoms with Crippen LogP contribution < -0.4 is 10.1 Å². The average molecular weight is 347 g/mol. The fourth-order valence-electron chi connectivity index (χ4n) is 2.24. The lowest BCUT2D eigenvalue weighted by atomic mass is 10.1. The van der Waals surface area contributed by atoms with Gasteiger partial charge < -0.3 is 10.1 Å². The molecule has 2 aromatic carbocycles. The summed E-state index contributed by atoms with van der Waals surface area (Å²) in [6.45, 7) is 4.32. The van der Waals surface area contributed by atoms with Gasteiger partial charge in [0.05, 0.1) is 17.5 Å². The molecule has 1 N–H and O–H groups in total. The molecule has 0 aliphatic heterocycles. The Morgan fingerprint density at radius 1 is 1.08 bits per heavy atom. The molecule has 2 rings (SSSR count). The van der Waals surface area contributed by atoms with E-state index >= 15 is 0 Å². The molecular formula is C18H21NO4S. The zero-order valence-corrected chi connectivity index (χ0v) is 14.8. The quantitative estimate of drug-likeness (QED) is 0.872. The summed E-state index contributed by atoms with van der Waals surface area (Å²) in [6, 6.07) is 13.2. The van der Waals surface area contributed by atoms with E-state index in [1.807, 2.05) is 13.8 Å². The lowest BCUT2D eigenvalue weighted by Gasteiger charge is -2.15.